The first-order valence-corrected chi connectivity index (χ1v) is 10.1. The lowest BCUT2D eigenvalue weighted by atomic mass is 10.2. The molecule has 144 valence electrons. The Bertz CT molecular complexity index is 812. The van der Waals surface area contributed by atoms with E-state index < -0.39 is 15.9 Å². The van der Waals surface area contributed by atoms with Crippen molar-refractivity contribution in [2.75, 3.05) is 45.0 Å². The number of furan rings is 1. The summed E-state index contributed by atoms with van der Waals surface area (Å²) < 4.78 is 31.7. The van der Waals surface area contributed by atoms with Gasteiger partial charge in [0.1, 0.15) is 5.58 Å². The average Bonchev–Trinajstić information content (AvgIpc) is 3.06. The predicted octanol–water partition coefficient (Wildman–Crippen LogP) is 1.55. The second-order valence-electron chi connectivity index (χ2n) is 6.05. The molecule has 1 fully saturated rings. The van der Waals surface area contributed by atoms with Crippen molar-refractivity contribution >= 4 is 39.3 Å². The highest BCUT2D eigenvalue weighted by atomic mass is 35.5. The smallest absolute Gasteiger partial charge is 0.287 e. The van der Waals surface area contributed by atoms with E-state index in [1.54, 1.807) is 12.1 Å². The van der Waals surface area contributed by atoms with Crippen LogP contribution < -0.4 is 5.32 Å². The van der Waals surface area contributed by atoms with E-state index in [1.165, 1.54) is 4.31 Å². The summed E-state index contributed by atoms with van der Waals surface area (Å²) in [4.78, 5) is 14.4. The lowest BCUT2D eigenvalue weighted by Gasteiger charge is -2.33. The highest BCUT2D eigenvalue weighted by Gasteiger charge is 2.26. The molecule has 2 aromatic rings. The van der Waals surface area contributed by atoms with E-state index >= 15 is 0 Å². The van der Waals surface area contributed by atoms with E-state index in [1.807, 2.05) is 18.2 Å². The molecule has 0 radical (unpaired) electrons. The molecule has 0 spiro atoms. The van der Waals surface area contributed by atoms with Gasteiger partial charge in [-0.2, -0.15) is 4.31 Å². The van der Waals surface area contributed by atoms with Gasteiger partial charge in [-0.15, -0.1) is 12.4 Å². The zero-order valence-corrected chi connectivity index (χ0v) is 16.3. The summed E-state index contributed by atoms with van der Waals surface area (Å²) in [7, 11) is -3.36. The molecule has 0 unspecified atom stereocenters. The molecule has 1 saturated heterocycles. The van der Waals surface area contributed by atoms with E-state index in [4.69, 9.17) is 4.42 Å². The van der Waals surface area contributed by atoms with E-state index in [9.17, 15) is 13.2 Å². The Labute approximate surface area is 159 Å². The van der Waals surface area contributed by atoms with E-state index in [-0.39, 0.29) is 30.5 Å². The van der Waals surface area contributed by atoms with Crippen LogP contribution in [0.15, 0.2) is 34.7 Å². The van der Waals surface area contributed by atoms with Crippen LogP contribution in [0.4, 0.5) is 0 Å². The molecule has 0 atom stereocenters. The number of rotatable bonds is 6. The maximum Gasteiger partial charge on any atom is 0.287 e. The molecule has 26 heavy (non-hydrogen) atoms. The Morgan fingerprint density at radius 1 is 1.19 bits per heavy atom. The van der Waals surface area contributed by atoms with Gasteiger partial charge in [-0.25, -0.2) is 8.42 Å². The predicted molar refractivity (Wildman–Crippen MR) is 103 cm³/mol. The summed E-state index contributed by atoms with van der Waals surface area (Å²) in [6.45, 7) is 5.58. The number of likely N-dealkylation sites (N-methyl/N-ethyl adjacent to an activating group) is 1. The minimum Gasteiger partial charge on any atom is -0.451 e. The number of amides is 1. The molecule has 0 saturated carbocycles. The Kier molecular flexibility index (Phi) is 7.05. The van der Waals surface area contributed by atoms with Crippen molar-refractivity contribution in [2.24, 2.45) is 0 Å². The van der Waals surface area contributed by atoms with Crippen molar-refractivity contribution in [3.8, 4) is 0 Å². The number of carbonyl (C=O) groups excluding carboxylic acids is 1. The normalized spacial score (nSPS) is 16.3. The highest BCUT2D eigenvalue weighted by Crippen LogP contribution is 2.18. The number of hydrogen-bond donors (Lipinski definition) is 1. The Morgan fingerprint density at radius 2 is 1.88 bits per heavy atom. The minimum absolute atomic E-state index is 0. The summed E-state index contributed by atoms with van der Waals surface area (Å²) in [6.07, 6.45) is 0. The quantitative estimate of drug-likeness (QED) is 0.794. The molecule has 1 amide bonds. The van der Waals surface area contributed by atoms with Crippen LogP contribution in [-0.4, -0.2) is 68.6 Å². The van der Waals surface area contributed by atoms with Crippen LogP contribution in [0.3, 0.4) is 0 Å². The number of fused-ring (bicyclic) bond motifs is 1. The third-order valence-corrected chi connectivity index (χ3v) is 6.34. The number of para-hydroxylation sites is 1. The molecular weight excluding hydrogens is 378 g/mol. The molecule has 1 aromatic heterocycles. The number of halogens is 1. The first-order valence-electron chi connectivity index (χ1n) is 8.46. The molecule has 0 aliphatic carbocycles. The zero-order valence-electron chi connectivity index (χ0n) is 14.7. The summed E-state index contributed by atoms with van der Waals surface area (Å²) in [5.74, 6) is -0.317. The summed E-state index contributed by atoms with van der Waals surface area (Å²) >= 11 is 0. The number of hydrogen-bond acceptors (Lipinski definition) is 5. The molecule has 2 heterocycles. The standard InChI is InChI=1S/C17H23N3O4S.ClH/c1-2-19-8-10-20(11-9-19)25(22,23)12-7-18-17(21)16-13-14-5-3-4-6-15(14)24-16;/h3-6,13H,2,7-12H2,1H3,(H,18,21);1H. The fourth-order valence-electron chi connectivity index (χ4n) is 2.93. The molecule has 1 N–H and O–H groups in total. The van der Waals surface area contributed by atoms with Gasteiger partial charge in [0, 0.05) is 38.1 Å². The van der Waals surface area contributed by atoms with Crippen LogP contribution in [0.1, 0.15) is 17.5 Å². The van der Waals surface area contributed by atoms with Gasteiger partial charge in [-0.3, -0.25) is 4.79 Å². The lowest BCUT2D eigenvalue weighted by molar-refractivity contribution is 0.0930. The van der Waals surface area contributed by atoms with Gasteiger partial charge in [0.05, 0.1) is 5.75 Å². The third-order valence-electron chi connectivity index (χ3n) is 4.47. The first-order chi connectivity index (χ1) is 12.0. The molecule has 0 bridgehead atoms. The largest absolute Gasteiger partial charge is 0.451 e. The monoisotopic (exact) mass is 401 g/mol. The van der Waals surface area contributed by atoms with Gasteiger partial charge in [0.15, 0.2) is 5.76 Å². The fraction of sp³-hybridized carbons (Fsp3) is 0.471. The molecule has 1 aromatic carbocycles. The van der Waals surface area contributed by atoms with Crippen molar-refractivity contribution in [3.63, 3.8) is 0 Å². The van der Waals surface area contributed by atoms with Crippen LogP contribution in [0, 0.1) is 0 Å². The average molecular weight is 402 g/mol. The van der Waals surface area contributed by atoms with Gasteiger partial charge in [-0.1, -0.05) is 25.1 Å². The molecule has 7 nitrogen and oxygen atoms in total. The Morgan fingerprint density at radius 3 is 2.54 bits per heavy atom. The highest BCUT2D eigenvalue weighted by molar-refractivity contribution is 7.89. The van der Waals surface area contributed by atoms with Gasteiger partial charge in [0.2, 0.25) is 10.0 Å². The topological polar surface area (TPSA) is 82.9 Å². The van der Waals surface area contributed by atoms with Crippen molar-refractivity contribution < 1.29 is 17.6 Å². The molecule has 1 aliphatic heterocycles. The lowest BCUT2D eigenvalue weighted by Crippen LogP contribution is -2.49. The zero-order chi connectivity index (χ0) is 17.9. The van der Waals surface area contributed by atoms with E-state index in [0.717, 1.165) is 25.0 Å². The maximum atomic E-state index is 12.4. The minimum atomic E-state index is -3.36. The Hall–Kier alpha value is -1.61. The molecule has 3 rings (SSSR count). The first kappa shape index (κ1) is 20.7. The van der Waals surface area contributed by atoms with Crippen LogP contribution in [0.2, 0.25) is 0 Å². The second-order valence-corrected chi connectivity index (χ2v) is 8.14. The second kappa shape index (κ2) is 8.85. The number of piperazine rings is 1. The summed E-state index contributed by atoms with van der Waals surface area (Å²) in [6, 6.07) is 8.99. The molecular formula is C17H24ClN3O4S. The number of sulfonamides is 1. The van der Waals surface area contributed by atoms with Crippen LogP contribution in [0.5, 0.6) is 0 Å². The summed E-state index contributed by atoms with van der Waals surface area (Å²) in [5.41, 5.74) is 0.633. The van der Waals surface area contributed by atoms with Crippen LogP contribution in [-0.2, 0) is 10.0 Å². The fourth-order valence-corrected chi connectivity index (χ4v) is 4.27. The summed E-state index contributed by atoms with van der Waals surface area (Å²) in [5, 5.41) is 3.47. The van der Waals surface area contributed by atoms with Crippen molar-refractivity contribution in [2.45, 2.75) is 6.92 Å². The van der Waals surface area contributed by atoms with E-state index in [2.05, 4.69) is 17.1 Å². The third kappa shape index (κ3) is 4.76. The van der Waals surface area contributed by atoms with Crippen molar-refractivity contribution in [1.29, 1.82) is 0 Å². The van der Waals surface area contributed by atoms with Gasteiger partial charge < -0.3 is 14.6 Å². The van der Waals surface area contributed by atoms with Gasteiger partial charge in [-0.05, 0) is 18.7 Å². The molecule has 1 aliphatic rings. The SMILES string of the molecule is CCN1CCN(S(=O)(=O)CCNC(=O)c2cc3ccccc3o2)CC1.Cl. The van der Waals surface area contributed by atoms with Crippen molar-refractivity contribution in [1.82, 2.24) is 14.5 Å². The number of nitrogens with zero attached hydrogens (tertiary/aromatic N) is 2. The Balaban J connectivity index is 0.00000243. The van der Waals surface area contributed by atoms with E-state index in [0.29, 0.717) is 18.7 Å². The molecule has 9 heteroatoms. The number of carbonyl (C=O) groups is 1. The van der Waals surface area contributed by atoms with Crippen molar-refractivity contribution in [3.05, 3.63) is 36.1 Å². The van der Waals surface area contributed by atoms with Crippen LogP contribution >= 0.6 is 12.4 Å². The van der Waals surface area contributed by atoms with Crippen LogP contribution in [0.25, 0.3) is 11.0 Å². The number of benzene rings is 1. The maximum absolute atomic E-state index is 12.4. The van der Waals surface area contributed by atoms with Gasteiger partial charge in [0.25, 0.3) is 5.91 Å². The number of nitrogens with one attached hydrogen (secondary N) is 1. The van der Waals surface area contributed by atoms with Gasteiger partial charge >= 0.3 is 0 Å².